The molecule has 0 bridgehead atoms. The standard InChI is InChI=1S/C13H10BrCl2NO/c14-9-5-11(16)13(6-10(9)15)18-7-8-3-1-2-4-12(8)17/h1-6H,7,17H2. The molecular formula is C13H10BrCl2NO. The first-order valence-corrected chi connectivity index (χ1v) is 6.73. The Balaban J connectivity index is 2.16. The topological polar surface area (TPSA) is 35.2 Å². The second kappa shape index (κ2) is 5.83. The van der Waals surface area contributed by atoms with Crippen molar-refractivity contribution in [3.05, 3.63) is 56.5 Å². The van der Waals surface area contributed by atoms with Crippen LogP contribution in [0.2, 0.25) is 10.0 Å². The Kier molecular flexibility index (Phi) is 4.38. The van der Waals surface area contributed by atoms with Gasteiger partial charge in [0.25, 0.3) is 0 Å². The molecule has 2 N–H and O–H groups in total. The van der Waals surface area contributed by atoms with E-state index in [4.69, 9.17) is 33.7 Å². The molecule has 18 heavy (non-hydrogen) atoms. The van der Waals surface area contributed by atoms with Crippen LogP contribution in [0.15, 0.2) is 40.9 Å². The molecule has 0 saturated heterocycles. The van der Waals surface area contributed by atoms with Gasteiger partial charge in [0.05, 0.1) is 10.0 Å². The molecule has 0 atom stereocenters. The van der Waals surface area contributed by atoms with Crippen LogP contribution in [-0.2, 0) is 6.61 Å². The van der Waals surface area contributed by atoms with E-state index in [1.54, 1.807) is 12.1 Å². The third-order valence-corrected chi connectivity index (χ3v) is 3.91. The lowest BCUT2D eigenvalue weighted by Crippen LogP contribution is -2.00. The zero-order chi connectivity index (χ0) is 13.1. The molecule has 2 rings (SSSR count). The van der Waals surface area contributed by atoms with Gasteiger partial charge in [-0.1, -0.05) is 41.4 Å². The van der Waals surface area contributed by atoms with Crippen LogP contribution in [0.5, 0.6) is 5.75 Å². The normalized spacial score (nSPS) is 10.4. The van der Waals surface area contributed by atoms with Crippen molar-refractivity contribution in [2.24, 2.45) is 0 Å². The number of ether oxygens (including phenoxy) is 1. The molecule has 0 aliphatic carbocycles. The van der Waals surface area contributed by atoms with Crippen molar-refractivity contribution in [2.45, 2.75) is 6.61 Å². The molecule has 2 aromatic rings. The molecule has 5 heteroatoms. The summed E-state index contributed by atoms with van der Waals surface area (Å²) in [7, 11) is 0. The molecule has 2 aromatic carbocycles. The maximum absolute atomic E-state index is 6.06. The average Bonchev–Trinajstić information content (AvgIpc) is 2.34. The SMILES string of the molecule is Nc1ccccc1COc1cc(Cl)c(Br)cc1Cl. The smallest absolute Gasteiger partial charge is 0.139 e. The highest BCUT2D eigenvalue weighted by atomic mass is 79.9. The molecule has 0 aliphatic heterocycles. The Morgan fingerprint density at radius 3 is 2.56 bits per heavy atom. The Hall–Kier alpha value is -0.900. The van der Waals surface area contributed by atoms with Gasteiger partial charge in [-0.05, 0) is 28.1 Å². The lowest BCUT2D eigenvalue weighted by molar-refractivity contribution is 0.307. The molecule has 0 radical (unpaired) electrons. The van der Waals surface area contributed by atoms with E-state index in [2.05, 4.69) is 15.9 Å². The molecule has 2 nitrogen and oxygen atoms in total. The minimum absolute atomic E-state index is 0.352. The van der Waals surface area contributed by atoms with Crippen LogP contribution in [0.3, 0.4) is 0 Å². The van der Waals surface area contributed by atoms with Crippen LogP contribution >= 0.6 is 39.1 Å². The van der Waals surface area contributed by atoms with E-state index >= 15 is 0 Å². The maximum atomic E-state index is 6.06. The van der Waals surface area contributed by atoms with Crippen molar-refractivity contribution in [3.63, 3.8) is 0 Å². The van der Waals surface area contributed by atoms with Gasteiger partial charge in [-0.25, -0.2) is 0 Å². The van der Waals surface area contributed by atoms with Crippen LogP contribution in [0.1, 0.15) is 5.56 Å². The highest BCUT2D eigenvalue weighted by Gasteiger charge is 2.07. The van der Waals surface area contributed by atoms with E-state index in [0.29, 0.717) is 28.1 Å². The molecule has 0 spiro atoms. The molecule has 0 amide bonds. The van der Waals surface area contributed by atoms with Gasteiger partial charge in [0.1, 0.15) is 12.4 Å². The lowest BCUT2D eigenvalue weighted by Gasteiger charge is -2.10. The van der Waals surface area contributed by atoms with E-state index in [-0.39, 0.29) is 0 Å². The number of hydrogen-bond donors (Lipinski definition) is 1. The number of rotatable bonds is 3. The van der Waals surface area contributed by atoms with Gasteiger partial charge in [0, 0.05) is 21.8 Å². The first-order valence-electron chi connectivity index (χ1n) is 5.18. The highest BCUT2D eigenvalue weighted by Crippen LogP contribution is 2.34. The van der Waals surface area contributed by atoms with Crippen molar-refractivity contribution in [1.29, 1.82) is 0 Å². The zero-order valence-corrected chi connectivity index (χ0v) is 12.4. The molecule has 0 aromatic heterocycles. The largest absolute Gasteiger partial charge is 0.487 e. The van der Waals surface area contributed by atoms with Gasteiger partial charge >= 0.3 is 0 Å². The molecular weight excluding hydrogens is 337 g/mol. The van der Waals surface area contributed by atoms with Crippen LogP contribution in [0.4, 0.5) is 5.69 Å². The zero-order valence-electron chi connectivity index (χ0n) is 9.29. The monoisotopic (exact) mass is 345 g/mol. The fourth-order valence-corrected chi connectivity index (χ4v) is 2.28. The predicted molar refractivity (Wildman–Crippen MR) is 79.3 cm³/mol. The summed E-state index contributed by atoms with van der Waals surface area (Å²) in [5.41, 5.74) is 7.43. The van der Waals surface area contributed by atoms with Crippen molar-refractivity contribution < 1.29 is 4.74 Å². The number of nitrogens with two attached hydrogens (primary N) is 1. The number of nitrogen functional groups attached to an aromatic ring is 1. The summed E-state index contributed by atoms with van der Waals surface area (Å²) in [5, 5.41) is 1.05. The molecule has 0 heterocycles. The van der Waals surface area contributed by atoms with E-state index in [0.717, 1.165) is 10.0 Å². The van der Waals surface area contributed by atoms with Gasteiger partial charge in [0.15, 0.2) is 0 Å². The van der Waals surface area contributed by atoms with Crippen LogP contribution < -0.4 is 10.5 Å². The van der Waals surface area contributed by atoms with Gasteiger partial charge < -0.3 is 10.5 Å². The first-order chi connectivity index (χ1) is 8.58. The molecule has 0 aliphatic rings. The van der Waals surface area contributed by atoms with Crippen LogP contribution in [-0.4, -0.2) is 0 Å². The number of halogens is 3. The summed E-state index contributed by atoms with van der Waals surface area (Å²) in [6, 6.07) is 10.9. The van der Waals surface area contributed by atoms with Gasteiger partial charge in [-0.15, -0.1) is 0 Å². The molecule has 0 unspecified atom stereocenters. The second-order valence-corrected chi connectivity index (χ2v) is 5.35. The van der Waals surface area contributed by atoms with Gasteiger partial charge in [0.2, 0.25) is 0 Å². The van der Waals surface area contributed by atoms with E-state index < -0.39 is 0 Å². The fraction of sp³-hybridized carbons (Fsp3) is 0.0769. The number of anilines is 1. The van der Waals surface area contributed by atoms with Crippen molar-refractivity contribution in [2.75, 3.05) is 5.73 Å². The Morgan fingerprint density at radius 1 is 1.11 bits per heavy atom. The van der Waals surface area contributed by atoms with Crippen molar-refractivity contribution in [1.82, 2.24) is 0 Å². The molecule has 0 fully saturated rings. The third kappa shape index (κ3) is 3.10. The molecule has 0 saturated carbocycles. The summed E-state index contributed by atoms with van der Waals surface area (Å²) in [5.74, 6) is 0.535. The van der Waals surface area contributed by atoms with Crippen LogP contribution in [0.25, 0.3) is 0 Å². The Bertz CT molecular complexity index is 575. The summed E-state index contributed by atoms with van der Waals surface area (Å²) in [6.07, 6.45) is 0. The van der Waals surface area contributed by atoms with Gasteiger partial charge in [-0.2, -0.15) is 0 Å². The first kappa shape index (κ1) is 13.5. The van der Waals surface area contributed by atoms with E-state index in [9.17, 15) is 0 Å². The highest BCUT2D eigenvalue weighted by molar-refractivity contribution is 9.10. The Labute approximate surface area is 124 Å². The fourth-order valence-electron chi connectivity index (χ4n) is 1.44. The lowest BCUT2D eigenvalue weighted by atomic mass is 10.2. The number of hydrogen-bond acceptors (Lipinski definition) is 2. The van der Waals surface area contributed by atoms with Gasteiger partial charge in [-0.3, -0.25) is 0 Å². The molecule has 94 valence electrons. The quantitative estimate of drug-likeness (QED) is 0.632. The summed E-state index contributed by atoms with van der Waals surface area (Å²) in [6.45, 7) is 0.352. The Morgan fingerprint density at radius 2 is 1.83 bits per heavy atom. The van der Waals surface area contributed by atoms with E-state index in [1.807, 2.05) is 24.3 Å². The summed E-state index contributed by atoms with van der Waals surface area (Å²) < 4.78 is 6.36. The van der Waals surface area contributed by atoms with Crippen LogP contribution in [0, 0.1) is 0 Å². The third-order valence-electron chi connectivity index (χ3n) is 2.41. The maximum Gasteiger partial charge on any atom is 0.139 e. The summed E-state index contributed by atoms with van der Waals surface area (Å²) >= 11 is 15.3. The second-order valence-electron chi connectivity index (χ2n) is 3.68. The predicted octanol–water partition coefficient (Wildman–Crippen LogP) is 4.92. The van der Waals surface area contributed by atoms with E-state index in [1.165, 1.54) is 0 Å². The minimum Gasteiger partial charge on any atom is -0.487 e. The average molecular weight is 347 g/mol. The van der Waals surface area contributed by atoms with Crippen molar-refractivity contribution >= 4 is 44.8 Å². The minimum atomic E-state index is 0.352. The number of benzene rings is 2. The van der Waals surface area contributed by atoms with Crippen molar-refractivity contribution in [3.8, 4) is 5.75 Å². The summed E-state index contributed by atoms with van der Waals surface area (Å²) in [4.78, 5) is 0. The number of para-hydroxylation sites is 1.